The van der Waals surface area contributed by atoms with Crippen LogP contribution in [0.3, 0.4) is 0 Å². The summed E-state index contributed by atoms with van der Waals surface area (Å²) in [6.45, 7) is 0.301. The summed E-state index contributed by atoms with van der Waals surface area (Å²) in [5.41, 5.74) is 1.97. The number of nitrogens with zero attached hydrogens (tertiary/aromatic N) is 2. The number of nitrogens with one attached hydrogen (secondary N) is 1. The maximum absolute atomic E-state index is 11.5. The Morgan fingerprint density at radius 1 is 1.38 bits per heavy atom. The van der Waals surface area contributed by atoms with Gasteiger partial charge >= 0.3 is 0 Å². The molecule has 1 aliphatic heterocycles. The van der Waals surface area contributed by atoms with E-state index in [0.29, 0.717) is 30.8 Å². The van der Waals surface area contributed by atoms with Crippen molar-refractivity contribution in [1.82, 2.24) is 0 Å². The highest BCUT2D eigenvalue weighted by Gasteiger charge is 2.34. The molecule has 1 saturated carbocycles. The number of benzene rings is 1. The van der Waals surface area contributed by atoms with E-state index in [0.717, 1.165) is 18.4 Å². The van der Waals surface area contributed by atoms with E-state index in [1.54, 1.807) is 12.1 Å². The summed E-state index contributed by atoms with van der Waals surface area (Å²) in [5, 5.41) is 23.3. The van der Waals surface area contributed by atoms with Gasteiger partial charge in [0.2, 0.25) is 5.91 Å². The van der Waals surface area contributed by atoms with Crippen LogP contribution < -0.4 is 10.2 Å². The molecular formula is C14H17N3O4. The number of aryl methyl sites for hydroxylation is 1. The van der Waals surface area contributed by atoms with Gasteiger partial charge in [-0.2, -0.15) is 0 Å². The topological polar surface area (TPSA) is 95.7 Å². The molecule has 0 aromatic heterocycles. The summed E-state index contributed by atoms with van der Waals surface area (Å²) in [6.07, 6.45) is 2.82. The Morgan fingerprint density at radius 2 is 2.14 bits per heavy atom. The van der Waals surface area contributed by atoms with Gasteiger partial charge in [0.1, 0.15) is 5.69 Å². The van der Waals surface area contributed by atoms with Crippen molar-refractivity contribution < 1.29 is 14.8 Å². The van der Waals surface area contributed by atoms with Crippen LogP contribution in [-0.4, -0.2) is 35.1 Å². The molecule has 21 heavy (non-hydrogen) atoms. The largest absolute Gasteiger partial charge is 0.395 e. The Labute approximate surface area is 121 Å². The second kappa shape index (κ2) is 5.33. The van der Waals surface area contributed by atoms with Crippen molar-refractivity contribution in [3.63, 3.8) is 0 Å². The highest BCUT2D eigenvalue weighted by molar-refractivity contribution is 5.95. The van der Waals surface area contributed by atoms with Gasteiger partial charge in [-0.15, -0.1) is 0 Å². The smallest absolute Gasteiger partial charge is 0.292 e. The van der Waals surface area contributed by atoms with Gasteiger partial charge in [0.05, 0.1) is 11.5 Å². The quantitative estimate of drug-likeness (QED) is 0.632. The Balaban J connectivity index is 2.05. The van der Waals surface area contributed by atoms with Crippen LogP contribution in [0.2, 0.25) is 0 Å². The molecule has 1 amide bonds. The van der Waals surface area contributed by atoms with E-state index in [2.05, 4.69) is 5.32 Å². The Bertz CT molecular complexity index is 598. The van der Waals surface area contributed by atoms with Crippen molar-refractivity contribution in [3.05, 3.63) is 27.8 Å². The van der Waals surface area contributed by atoms with Crippen molar-refractivity contribution in [2.45, 2.75) is 31.7 Å². The SMILES string of the molecule is O=C1CCc2cc([N+](=O)[O-])c(N(CCO)C3CC3)cc2N1. The summed E-state index contributed by atoms with van der Waals surface area (Å²) >= 11 is 0. The van der Waals surface area contributed by atoms with Gasteiger partial charge in [-0.05, 0) is 30.9 Å². The molecule has 1 aromatic rings. The van der Waals surface area contributed by atoms with E-state index in [9.17, 15) is 20.0 Å². The third-order valence-electron chi connectivity index (χ3n) is 3.93. The minimum absolute atomic E-state index is 0.0465. The summed E-state index contributed by atoms with van der Waals surface area (Å²) in [4.78, 5) is 24.3. The minimum atomic E-state index is -0.390. The zero-order chi connectivity index (χ0) is 15.0. The summed E-state index contributed by atoms with van der Waals surface area (Å²) in [6, 6.07) is 3.48. The number of aliphatic hydroxyl groups excluding tert-OH is 1. The zero-order valence-electron chi connectivity index (χ0n) is 11.5. The highest BCUT2D eigenvalue weighted by Crippen LogP contribution is 2.40. The van der Waals surface area contributed by atoms with Gasteiger partial charge in [-0.3, -0.25) is 14.9 Å². The van der Waals surface area contributed by atoms with Crippen LogP contribution in [0.1, 0.15) is 24.8 Å². The first kappa shape index (κ1) is 13.8. The lowest BCUT2D eigenvalue weighted by molar-refractivity contribution is -0.384. The Morgan fingerprint density at radius 3 is 2.76 bits per heavy atom. The Kier molecular flexibility index (Phi) is 3.50. The van der Waals surface area contributed by atoms with E-state index in [1.807, 2.05) is 4.90 Å². The van der Waals surface area contributed by atoms with Gasteiger partial charge in [0.25, 0.3) is 5.69 Å². The van der Waals surface area contributed by atoms with Gasteiger partial charge in [-0.25, -0.2) is 0 Å². The molecule has 1 aromatic carbocycles. The fourth-order valence-electron chi connectivity index (χ4n) is 2.77. The molecule has 7 heteroatoms. The van der Waals surface area contributed by atoms with Crippen molar-refractivity contribution in [3.8, 4) is 0 Å². The first-order valence-corrected chi connectivity index (χ1v) is 7.09. The number of fused-ring (bicyclic) bond motifs is 1. The number of hydrogen-bond donors (Lipinski definition) is 2. The molecule has 112 valence electrons. The maximum Gasteiger partial charge on any atom is 0.292 e. The van der Waals surface area contributed by atoms with Gasteiger partial charge in [0.15, 0.2) is 0 Å². The average molecular weight is 291 g/mol. The van der Waals surface area contributed by atoms with Crippen LogP contribution in [0.25, 0.3) is 0 Å². The number of carbonyl (C=O) groups is 1. The van der Waals surface area contributed by atoms with Crippen molar-refractivity contribution in [1.29, 1.82) is 0 Å². The predicted molar refractivity (Wildman–Crippen MR) is 77.5 cm³/mol. The average Bonchev–Trinajstić information content (AvgIpc) is 3.27. The van der Waals surface area contributed by atoms with Crippen molar-refractivity contribution >= 4 is 23.0 Å². The molecule has 0 unspecified atom stereocenters. The minimum Gasteiger partial charge on any atom is -0.395 e. The lowest BCUT2D eigenvalue weighted by Crippen LogP contribution is -2.30. The molecule has 1 heterocycles. The first-order chi connectivity index (χ1) is 10.1. The third-order valence-corrected chi connectivity index (χ3v) is 3.93. The number of carbonyl (C=O) groups excluding carboxylic acids is 1. The number of nitro benzene ring substituents is 1. The fourth-order valence-corrected chi connectivity index (χ4v) is 2.77. The molecule has 0 radical (unpaired) electrons. The standard InChI is InChI=1S/C14H17N3O4/c18-6-5-16(10-2-3-10)12-8-11-9(1-4-14(19)15-11)7-13(12)17(20)21/h7-8,10,18H,1-6H2,(H,15,19). The molecule has 3 rings (SSSR count). The Hall–Kier alpha value is -2.15. The van der Waals surface area contributed by atoms with Crippen LogP contribution in [0.5, 0.6) is 0 Å². The summed E-state index contributed by atoms with van der Waals surface area (Å²) < 4.78 is 0. The maximum atomic E-state index is 11.5. The second-order valence-electron chi connectivity index (χ2n) is 5.45. The lowest BCUT2D eigenvalue weighted by Gasteiger charge is -2.26. The van der Waals surface area contributed by atoms with E-state index < -0.39 is 4.92 Å². The molecule has 1 aliphatic carbocycles. The molecule has 2 aliphatic rings. The molecule has 0 saturated heterocycles. The monoisotopic (exact) mass is 291 g/mol. The first-order valence-electron chi connectivity index (χ1n) is 7.09. The molecule has 2 N–H and O–H groups in total. The highest BCUT2D eigenvalue weighted by atomic mass is 16.6. The number of nitro groups is 1. The predicted octanol–water partition coefficient (Wildman–Crippen LogP) is 1.44. The molecule has 0 bridgehead atoms. The molecule has 0 spiro atoms. The number of rotatable bonds is 5. The second-order valence-corrected chi connectivity index (χ2v) is 5.45. The number of amides is 1. The van der Waals surface area contributed by atoms with Crippen LogP contribution in [0, 0.1) is 10.1 Å². The molecular weight excluding hydrogens is 274 g/mol. The van der Waals surface area contributed by atoms with Crippen LogP contribution in [-0.2, 0) is 11.2 Å². The van der Waals surface area contributed by atoms with E-state index >= 15 is 0 Å². The van der Waals surface area contributed by atoms with Crippen LogP contribution in [0.15, 0.2) is 12.1 Å². The zero-order valence-corrected chi connectivity index (χ0v) is 11.5. The molecule has 7 nitrogen and oxygen atoms in total. The molecule has 0 atom stereocenters. The number of aliphatic hydroxyl groups is 1. The normalized spacial score (nSPS) is 17.1. The van der Waals surface area contributed by atoms with Crippen LogP contribution >= 0.6 is 0 Å². The van der Waals surface area contributed by atoms with Crippen molar-refractivity contribution in [2.24, 2.45) is 0 Å². The van der Waals surface area contributed by atoms with E-state index in [-0.39, 0.29) is 24.2 Å². The van der Waals surface area contributed by atoms with Gasteiger partial charge < -0.3 is 15.3 Å². The van der Waals surface area contributed by atoms with E-state index in [4.69, 9.17) is 0 Å². The van der Waals surface area contributed by atoms with Gasteiger partial charge in [-0.1, -0.05) is 0 Å². The number of anilines is 2. The van der Waals surface area contributed by atoms with E-state index in [1.165, 1.54) is 0 Å². The fraction of sp³-hybridized carbons (Fsp3) is 0.500. The number of hydrogen-bond acceptors (Lipinski definition) is 5. The third kappa shape index (κ3) is 2.69. The van der Waals surface area contributed by atoms with Crippen LogP contribution in [0.4, 0.5) is 17.1 Å². The van der Waals surface area contributed by atoms with Gasteiger partial charge in [0, 0.05) is 30.8 Å². The lowest BCUT2D eigenvalue weighted by atomic mass is 10.0. The van der Waals surface area contributed by atoms with Crippen molar-refractivity contribution in [2.75, 3.05) is 23.4 Å². The molecule has 1 fully saturated rings. The summed E-state index contributed by atoms with van der Waals surface area (Å²) in [7, 11) is 0. The summed E-state index contributed by atoms with van der Waals surface area (Å²) in [5.74, 6) is -0.0672.